The highest BCUT2D eigenvalue weighted by Crippen LogP contribution is 2.20. The van der Waals surface area contributed by atoms with Gasteiger partial charge < -0.3 is 20.4 Å². The van der Waals surface area contributed by atoms with Crippen LogP contribution in [0.15, 0.2) is 78.9 Å². The molecule has 0 saturated carbocycles. The van der Waals surface area contributed by atoms with Crippen LogP contribution in [0.1, 0.15) is 16.7 Å². The van der Waals surface area contributed by atoms with Gasteiger partial charge in [-0.1, -0.05) is 54.6 Å². The monoisotopic (exact) mass is 456 g/mol. The molecule has 7 heteroatoms. The predicted molar refractivity (Wildman–Crippen MR) is 133 cm³/mol. The first-order valence-corrected chi connectivity index (χ1v) is 11.3. The maximum absolute atomic E-state index is 13.1. The normalized spacial score (nSPS) is 12.4. The molecule has 1 aliphatic heterocycles. The summed E-state index contributed by atoms with van der Waals surface area (Å²) in [5.41, 5.74) is 4.66. The quantitative estimate of drug-likeness (QED) is 0.593. The first-order valence-electron chi connectivity index (χ1n) is 11.3. The summed E-state index contributed by atoms with van der Waals surface area (Å²) < 4.78 is 0. The second-order valence-electron chi connectivity index (χ2n) is 8.33. The van der Waals surface area contributed by atoms with E-state index in [1.165, 1.54) is 10.5 Å². The highest BCUT2D eigenvalue weighted by molar-refractivity contribution is 6.01. The van der Waals surface area contributed by atoms with E-state index in [0.29, 0.717) is 24.5 Å². The number of hydrogen-bond donors (Lipinski definition) is 2. The van der Waals surface area contributed by atoms with Crippen LogP contribution in [0.4, 0.5) is 16.2 Å². The smallest absolute Gasteiger partial charge is 0.319 e. The summed E-state index contributed by atoms with van der Waals surface area (Å²) >= 11 is 0. The molecule has 1 aliphatic rings. The molecule has 34 heavy (non-hydrogen) atoms. The van der Waals surface area contributed by atoms with E-state index in [2.05, 4.69) is 16.7 Å². The minimum atomic E-state index is -0.481. The molecule has 0 fully saturated rings. The van der Waals surface area contributed by atoms with Crippen molar-refractivity contribution in [3.8, 4) is 0 Å². The van der Waals surface area contributed by atoms with E-state index in [1.807, 2.05) is 61.5 Å². The number of rotatable bonds is 6. The Morgan fingerprint density at radius 1 is 0.912 bits per heavy atom. The minimum Gasteiger partial charge on any atom is -0.336 e. The Morgan fingerprint density at radius 2 is 1.65 bits per heavy atom. The molecule has 7 nitrogen and oxygen atoms in total. The number of carbonyl (C=O) groups is 3. The third-order valence-corrected chi connectivity index (χ3v) is 5.82. The van der Waals surface area contributed by atoms with Crippen molar-refractivity contribution in [2.45, 2.75) is 19.9 Å². The van der Waals surface area contributed by atoms with E-state index in [1.54, 1.807) is 23.1 Å². The Balaban J connectivity index is 1.40. The lowest BCUT2D eigenvalue weighted by Crippen LogP contribution is -2.48. The second kappa shape index (κ2) is 10.7. The van der Waals surface area contributed by atoms with E-state index in [0.717, 1.165) is 17.5 Å². The van der Waals surface area contributed by atoms with Gasteiger partial charge in [0.1, 0.15) is 6.54 Å². The van der Waals surface area contributed by atoms with Gasteiger partial charge in [-0.05, 0) is 54.3 Å². The molecule has 0 atom stereocenters. The Bertz CT molecular complexity index is 1180. The molecule has 1 heterocycles. The molecule has 0 bridgehead atoms. The van der Waals surface area contributed by atoms with Gasteiger partial charge in [0.2, 0.25) is 11.8 Å². The molecule has 0 aliphatic carbocycles. The van der Waals surface area contributed by atoms with E-state index in [4.69, 9.17) is 0 Å². The summed E-state index contributed by atoms with van der Waals surface area (Å²) in [5.74, 6) is -0.493. The maximum Gasteiger partial charge on any atom is 0.319 e. The number of para-hydroxylation sites is 1. The summed E-state index contributed by atoms with van der Waals surface area (Å²) in [6.45, 7) is 2.75. The maximum atomic E-state index is 13.1. The van der Waals surface area contributed by atoms with E-state index in [9.17, 15) is 14.4 Å². The van der Waals surface area contributed by atoms with Crippen LogP contribution in [-0.4, -0.2) is 42.4 Å². The van der Waals surface area contributed by atoms with Crippen molar-refractivity contribution >= 4 is 29.2 Å². The van der Waals surface area contributed by atoms with E-state index < -0.39 is 6.03 Å². The number of nitrogens with one attached hydrogen (secondary N) is 2. The summed E-state index contributed by atoms with van der Waals surface area (Å²) in [5, 5.41) is 5.32. The lowest BCUT2D eigenvalue weighted by molar-refractivity contribution is -0.132. The minimum absolute atomic E-state index is 0.0911. The van der Waals surface area contributed by atoms with Crippen molar-refractivity contribution in [1.82, 2.24) is 10.2 Å². The van der Waals surface area contributed by atoms with Gasteiger partial charge in [-0.25, -0.2) is 4.79 Å². The SMILES string of the molecule is Cc1cccc(NC(=O)NCC(=O)N(CC(=O)N2CCc3ccccc3C2)c2ccccc2)c1. The number of hydrogen-bond acceptors (Lipinski definition) is 3. The fourth-order valence-corrected chi connectivity index (χ4v) is 4.02. The molecule has 4 rings (SSSR count). The van der Waals surface area contributed by atoms with Gasteiger partial charge in [0.25, 0.3) is 0 Å². The number of amides is 4. The van der Waals surface area contributed by atoms with E-state index >= 15 is 0 Å². The summed E-state index contributed by atoms with van der Waals surface area (Å²) in [6, 6.07) is 24.1. The molecule has 3 aromatic rings. The molecule has 0 saturated heterocycles. The first-order chi connectivity index (χ1) is 16.5. The molecular weight excluding hydrogens is 428 g/mol. The van der Waals surface area contributed by atoms with Gasteiger partial charge in [0, 0.05) is 24.5 Å². The van der Waals surface area contributed by atoms with Crippen molar-refractivity contribution in [2.24, 2.45) is 0 Å². The number of urea groups is 1. The number of fused-ring (bicyclic) bond motifs is 1. The van der Waals surface area contributed by atoms with Crippen LogP contribution in [0.2, 0.25) is 0 Å². The average molecular weight is 457 g/mol. The van der Waals surface area contributed by atoms with Gasteiger partial charge in [-0.15, -0.1) is 0 Å². The fraction of sp³-hybridized carbons (Fsp3) is 0.222. The predicted octanol–water partition coefficient (Wildman–Crippen LogP) is 3.73. The molecule has 2 N–H and O–H groups in total. The molecule has 0 spiro atoms. The Hall–Kier alpha value is -4.13. The van der Waals surface area contributed by atoms with Crippen molar-refractivity contribution in [2.75, 3.05) is 29.9 Å². The highest BCUT2D eigenvalue weighted by atomic mass is 16.2. The largest absolute Gasteiger partial charge is 0.336 e. The molecule has 4 amide bonds. The molecule has 0 aromatic heterocycles. The summed E-state index contributed by atoms with van der Waals surface area (Å²) in [4.78, 5) is 41.7. The molecule has 174 valence electrons. The van der Waals surface area contributed by atoms with Crippen LogP contribution < -0.4 is 15.5 Å². The number of carbonyl (C=O) groups excluding carboxylic acids is 3. The zero-order chi connectivity index (χ0) is 23.9. The van der Waals surface area contributed by atoms with Gasteiger partial charge in [0.05, 0.1) is 6.54 Å². The summed E-state index contributed by atoms with van der Waals surface area (Å²) in [7, 11) is 0. The van der Waals surface area contributed by atoms with Crippen LogP contribution in [0.3, 0.4) is 0 Å². The van der Waals surface area contributed by atoms with Gasteiger partial charge in [-0.3, -0.25) is 9.59 Å². The van der Waals surface area contributed by atoms with Crippen LogP contribution in [0.25, 0.3) is 0 Å². The van der Waals surface area contributed by atoms with Crippen LogP contribution in [0, 0.1) is 6.92 Å². The topological polar surface area (TPSA) is 81.8 Å². The first kappa shape index (κ1) is 23.0. The Kier molecular flexibility index (Phi) is 7.22. The van der Waals surface area contributed by atoms with E-state index in [-0.39, 0.29) is 24.9 Å². The third-order valence-electron chi connectivity index (χ3n) is 5.82. The van der Waals surface area contributed by atoms with Gasteiger partial charge in [0.15, 0.2) is 0 Å². The van der Waals surface area contributed by atoms with Crippen LogP contribution >= 0.6 is 0 Å². The number of nitrogens with zero attached hydrogens (tertiary/aromatic N) is 2. The Morgan fingerprint density at radius 3 is 2.41 bits per heavy atom. The third kappa shape index (κ3) is 5.81. The Labute approximate surface area is 199 Å². The number of benzene rings is 3. The van der Waals surface area contributed by atoms with Crippen molar-refractivity contribution in [3.63, 3.8) is 0 Å². The number of anilines is 2. The van der Waals surface area contributed by atoms with Crippen LogP contribution in [-0.2, 0) is 22.6 Å². The van der Waals surface area contributed by atoms with Gasteiger partial charge in [-0.2, -0.15) is 0 Å². The fourth-order valence-electron chi connectivity index (χ4n) is 4.02. The molecule has 0 unspecified atom stereocenters. The molecule has 0 radical (unpaired) electrons. The molecular formula is C27H28N4O3. The van der Waals surface area contributed by atoms with Crippen molar-refractivity contribution < 1.29 is 14.4 Å². The zero-order valence-electron chi connectivity index (χ0n) is 19.2. The standard InChI is InChI=1S/C27H28N4O3/c1-20-8-7-11-23(16-20)29-27(34)28-17-25(32)31(24-12-3-2-4-13-24)19-26(33)30-15-14-21-9-5-6-10-22(21)18-30/h2-13,16H,14-15,17-19H2,1H3,(H2,28,29,34). The molecule has 3 aromatic carbocycles. The zero-order valence-corrected chi connectivity index (χ0v) is 19.2. The lowest BCUT2D eigenvalue weighted by atomic mass is 10.00. The second-order valence-corrected chi connectivity index (χ2v) is 8.33. The van der Waals surface area contributed by atoms with Crippen LogP contribution in [0.5, 0.6) is 0 Å². The van der Waals surface area contributed by atoms with Crippen molar-refractivity contribution in [3.05, 3.63) is 95.6 Å². The van der Waals surface area contributed by atoms with Gasteiger partial charge >= 0.3 is 6.03 Å². The highest BCUT2D eigenvalue weighted by Gasteiger charge is 2.25. The van der Waals surface area contributed by atoms with Crippen molar-refractivity contribution in [1.29, 1.82) is 0 Å². The average Bonchev–Trinajstić information content (AvgIpc) is 2.86. The number of aryl methyl sites for hydroxylation is 1. The summed E-state index contributed by atoms with van der Waals surface area (Å²) in [6.07, 6.45) is 0.794. The lowest BCUT2D eigenvalue weighted by Gasteiger charge is -2.31.